The number of halogens is 2. The van der Waals surface area contributed by atoms with Crippen LogP contribution in [-0.4, -0.2) is 23.9 Å². The maximum Gasteiger partial charge on any atom is 0.227 e. The number of hydrogen-bond acceptors (Lipinski definition) is 2. The Morgan fingerprint density at radius 3 is 2.54 bits per heavy atom. The molecule has 0 aliphatic carbocycles. The fourth-order valence-corrected chi connectivity index (χ4v) is 4.28. The highest BCUT2D eigenvalue weighted by Gasteiger charge is 2.26. The Morgan fingerprint density at radius 1 is 1.18 bits per heavy atom. The molecule has 1 heterocycles. The smallest absolute Gasteiger partial charge is 0.227 e. The second-order valence-electron chi connectivity index (χ2n) is 7.97. The molecule has 1 aliphatic heterocycles. The minimum atomic E-state index is 0.0524. The van der Waals surface area contributed by atoms with Gasteiger partial charge in [-0.15, -0.1) is 0 Å². The van der Waals surface area contributed by atoms with Crippen molar-refractivity contribution in [2.24, 2.45) is 5.92 Å². The number of anilines is 1. The first kappa shape index (κ1) is 21.2. The Bertz CT molecular complexity index is 842. The van der Waals surface area contributed by atoms with Crippen molar-refractivity contribution in [2.45, 2.75) is 46.1 Å². The Hall–Kier alpha value is -1.55. The van der Waals surface area contributed by atoms with Crippen LogP contribution in [0.4, 0.5) is 5.69 Å². The van der Waals surface area contributed by atoms with E-state index in [4.69, 9.17) is 23.2 Å². The minimum Gasteiger partial charge on any atom is -0.325 e. The maximum absolute atomic E-state index is 12.9. The standard InChI is InChI=1S/C23H28Cl2N2O/c1-15(2)20-6-4-5-16(3)22(20)26-23(28)17-9-11-27(12-10-17)14-18-7-8-19(24)13-21(18)25/h4-8,13,15,17H,9-12,14H2,1-3H3,(H,26,28). The quantitative estimate of drug-likeness (QED) is 0.619. The van der Waals surface area contributed by atoms with Gasteiger partial charge in [-0.05, 0) is 67.6 Å². The number of carbonyl (C=O) groups excluding carboxylic acids is 1. The number of carbonyl (C=O) groups is 1. The van der Waals surface area contributed by atoms with Crippen LogP contribution in [-0.2, 0) is 11.3 Å². The van der Waals surface area contributed by atoms with Crippen molar-refractivity contribution >= 4 is 34.8 Å². The summed E-state index contributed by atoms with van der Waals surface area (Å²) in [6.07, 6.45) is 1.72. The number of hydrogen-bond donors (Lipinski definition) is 1. The molecule has 0 saturated carbocycles. The van der Waals surface area contributed by atoms with Crippen LogP contribution in [0.25, 0.3) is 0 Å². The molecule has 0 aromatic heterocycles. The zero-order valence-corrected chi connectivity index (χ0v) is 18.3. The van der Waals surface area contributed by atoms with Crippen molar-refractivity contribution in [1.82, 2.24) is 4.90 Å². The van der Waals surface area contributed by atoms with Crippen LogP contribution in [0, 0.1) is 12.8 Å². The minimum absolute atomic E-state index is 0.0524. The molecule has 0 atom stereocenters. The predicted molar refractivity (Wildman–Crippen MR) is 118 cm³/mol. The molecule has 150 valence electrons. The van der Waals surface area contributed by atoms with Crippen molar-refractivity contribution in [2.75, 3.05) is 18.4 Å². The normalized spacial score (nSPS) is 15.8. The van der Waals surface area contributed by atoms with Crippen molar-refractivity contribution < 1.29 is 4.79 Å². The lowest BCUT2D eigenvalue weighted by molar-refractivity contribution is -0.121. The molecule has 0 spiro atoms. The van der Waals surface area contributed by atoms with Crippen LogP contribution < -0.4 is 5.32 Å². The fraction of sp³-hybridized carbons (Fsp3) is 0.435. The summed E-state index contributed by atoms with van der Waals surface area (Å²) in [5.41, 5.74) is 4.38. The highest BCUT2D eigenvalue weighted by Crippen LogP contribution is 2.29. The van der Waals surface area contributed by atoms with Crippen molar-refractivity contribution in [3.63, 3.8) is 0 Å². The van der Waals surface area contributed by atoms with Gasteiger partial charge in [0.05, 0.1) is 0 Å². The molecular formula is C23H28Cl2N2O. The Balaban J connectivity index is 1.59. The summed E-state index contributed by atoms with van der Waals surface area (Å²) in [7, 11) is 0. The monoisotopic (exact) mass is 418 g/mol. The number of likely N-dealkylation sites (tertiary alicyclic amines) is 1. The Morgan fingerprint density at radius 2 is 1.89 bits per heavy atom. The molecule has 3 rings (SSSR count). The number of piperidine rings is 1. The molecule has 1 fully saturated rings. The summed E-state index contributed by atoms with van der Waals surface area (Å²) in [4.78, 5) is 15.2. The van der Waals surface area contributed by atoms with E-state index in [1.165, 1.54) is 5.56 Å². The van der Waals surface area contributed by atoms with Crippen molar-refractivity contribution in [1.29, 1.82) is 0 Å². The SMILES string of the molecule is Cc1cccc(C(C)C)c1NC(=O)C1CCN(Cc2ccc(Cl)cc2Cl)CC1. The van der Waals surface area contributed by atoms with E-state index >= 15 is 0 Å². The highest BCUT2D eigenvalue weighted by molar-refractivity contribution is 6.35. The lowest BCUT2D eigenvalue weighted by Gasteiger charge is -2.32. The molecular weight excluding hydrogens is 391 g/mol. The summed E-state index contributed by atoms with van der Waals surface area (Å²) < 4.78 is 0. The molecule has 1 N–H and O–H groups in total. The van der Waals surface area contributed by atoms with Crippen LogP contribution in [0.5, 0.6) is 0 Å². The van der Waals surface area contributed by atoms with E-state index in [0.29, 0.717) is 16.0 Å². The largest absolute Gasteiger partial charge is 0.325 e. The molecule has 0 bridgehead atoms. The lowest BCUT2D eigenvalue weighted by Crippen LogP contribution is -2.38. The van der Waals surface area contributed by atoms with Gasteiger partial charge in [0.2, 0.25) is 5.91 Å². The third-order valence-electron chi connectivity index (χ3n) is 5.54. The second kappa shape index (κ2) is 9.30. The van der Waals surface area contributed by atoms with Crippen LogP contribution >= 0.6 is 23.2 Å². The van der Waals surface area contributed by atoms with E-state index in [9.17, 15) is 4.79 Å². The number of nitrogens with one attached hydrogen (secondary N) is 1. The first-order valence-electron chi connectivity index (χ1n) is 9.91. The van der Waals surface area contributed by atoms with Crippen LogP contribution in [0.1, 0.15) is 49.3 Å². The number of amides is 1. The summed E-state index contributed by atoms with van der Waals surface area (Å²) in [5, 5.41) is 4.57. The maximum atomic E-state index is 12.9. The first-order valence-corrected chi connectivity index (χ1v) is 10.7. The summed E-state index contributed by atoms with van der Waals surface area (Å²) >= 11 is 12.3. The van der Waals surface area contributed by atoms with Crippen molar-refractivity contribution in [3.05, 3.63) is 63.1 Å². The number of para-hydroxylation sites is 1. The van der Waals surface area contributed by atoms with Gasteiger partial charge in [0.15, 0.2) is 0 Å². The van der Waals surface area contributed by atoms with Gasteiger partial charge in [-0.3, -0.25) is 9.69 Å². The number of benzene rings is 2. The molecule has 1 amide bonds. The molecule has 2 aromatic rings. The van der Waals surface area contributed by atoms with E-state index in [-0.39, 0.29) is 11.8 Å². The first-order chi connectivity index (χ1) is 13.3. The van der Waals surface area contributed by atoms with Crippen molar-refractivity contribution in [3.8, 4) is 0 Å². The summed E-state index contributed by atoms with van der Waals surface area (Å²) in [6.45, 7) is 8.94. The van der Waals surface area contributed by atoms with Gasteiger partial charge in [0.25, 0.3) is 0 Å². The van der Waals surface area contributed by atoms with E-state index in [0.717, 1.165) is 49.3 Å². The number of nitrogens with zero attached hydrogens (tertiary/aromatic N) is 1. The second-order valence-corrected chi connectivity index (χ2v) is 8.81. The zero-order chi connectivity index (χ0) is 20.3. The average Bonchev–Trinajstić information content (AvgIpc) is 2.66. The van der Waals surface area contributed by atoms with E-state index in [1.807, 2.05) is 12.1 Å². The molecule has 1 aliphatic rings. The van der Waals surface area contributed by atoms with E-state index < -0.39 is 0 Å². The van der Waals surface area contributed by atoms with E-state index in [1.54, 1.807) is 6.07 Å². The van der Waals surface area contributed by atoms with Gasteiger partial charge in [-0.2, -0.15) is 0 Å². The number of aryl methyl sites for hydroxylation is 1. The Kier molecular flexibility index (Phi) is 7.03. The van der Waals surface area contributed by atoms with Gasteiger partial charge >= 0.3 is 0 Å². The summed E-state index contributed by atoms with van der Waals surface area (Å²) in [6, 6.07) is 11.9. The molecule has 2 aromatic carbocycles. The van der Waals surface area contributed by atoms with E-state index in [2.05, 4.69) is 49.2 Å². The summed E-state index contributed by atoms with van der Waals surface area (Å²) in [5.74, 6) is 0.568. The molecule has 28 heavy (non-hydrogen) atoms. The predicted octanol–water partition coefficient (Wildman–Crippen LogP) is 6.28. The molecule has 0 radical (unpaired) electrons. The third-order valence-corrected chi connectivity index (χ3v) is 6.13. The van der Waals surface area contributed by atoms with Crippen LogP contribution in [0.3, 0.4) is 0 Å². The zero-order valence-electron chi connectivity index (χ0n) is 16.8. The third kappa shape index (κ3) is 5.08. The Labute approximate surface area is 178 Å². The topological polar surface area (TPSA) is 32.3 Å². The highest BCUT2D eigenvalue weighted by atomic mass is 35.5. The molecule has 3 nitrogen and oxygen atoms in total. The van der Waals surface area contributed by atoms with Crippen LogP contribution in [0.2, 0.25) is 10.0 Å². The van der Waals surface area contributed by atoms with Gasteiger partial charge < -0.3 is 5.32 Å². The van der Waals surface area contributed by atoms with Gasteiger partial charge in [0.1, 0.15) is 0 Å². The molecule has 5 heteroatoms. The molecule has 0 unspecified atom stereocenters. The average molecular weight is 419 g/mol. The lowest BCUT2D eigenvalue weighted by atomic mass is 9.94. The van der Waals surface area contributed by atoms with Gasteiger partial charge in [-0.1, -0.05) is 61.3 Å². The van der Waals surface area contributed by atoms with Crippen LogP contribution in [0.15, 0.2) is 36.4 Å². The van der Waals surface area contributed by atoms with Gasteiger partial charge in [0, 0.05) is 28.2 Å². The molecule has 1 saturated heterocycles. The fourth-order valence-electron chi connectivity index (χ4n) is 3.81. The van der Waals surface area contributed by atoms with Gasteiger partial charge in [-0.25, -0.2) is 0 Å². The number of rotatable bonds is 5.